The number of rotatable bonds is 15. The molecular formula is C43H44FN5O14. The number of halogens is 1. The average Bonchev–Trinajstić information content (AvgIpc) is 3.22. The van der Waals surface area contributed by atoms with Crippen molar-refractivity contribution >= 4 is 64.2 Å². The number of amides is 3. The van der Waals surface area contributed by atoms with Gasteiger partial charge in [-0.05, 0) is 56.2 Å². The monoisotopic (exact) mass is 873 g/mol. The van der Waals surface area contributed by atoms with Gasteiger partial charge in [0.25, 0.3) is 11.8 Å². The maximum Gasteiger partial charge on any atom is 0.341 e. The van der Waals surface area contributed by atoms with Crippen molar-refractivity contribution < 1.29 is 66.8 Å². The van der Waals surface area contributed by atoms with Gasteiger partial charge in [-0.2, -0.15) is 0 Å². The third-order valence-corrected chi connectivity index (χ3v) is 9.66. The highest BCUT2D eigenvalue weighted by Crippen LogP contribution is 2.33. The molecular weight excluding hydrogens is 829 g/mol. The molecule has 3 amide bonds. The smallest absolute Gasteiger partial charge is 0.341 e. The lowest BCUT2D eigenvalue weighted by atomic mass is 10.1. The summed E-state index contributed by atoms with van der Waals surface area (Å²) in [5, 5.41) is 14.8. The number of aromatic carboxylic acids is 1. The third-order valence-electron chi connectivity index (χ3n) is 9.66. The number of fused-ring (bicyclic) bond motifs is 1. The Balaban J connectivity index is 1.37. The fourth-order valence-corrected chi connectivity index (χ4v) is 6.90. The van der Waals surface area contributed by atoms with E-state index in [1.54, 1.807) is 11.8 Å². The maximum atomic E-state index is 15.6. The summed E-state index contributed by atoms with van der Waals surface area (Å²) in [5.41, 5.74) is -1.23. The topological polar surface area (TPSA) is 246 Å². The van der Waals surface area contributed by atoms with Crippen molar-refractivity contribution in [3.05, 3.63) is 87.5 Å². The molecule has 20 heteroatoms. The zero-order valence-electron chi connectivity index (χ0n) is 34.9. The molecule has 1 saturated heterocycles. The Hall–Kier alpha value is -7.64. The van der Waals surface area contributed by atoms with Gasteiger partial charge in [0.2, 0.25) is 11.3 Å². The van der Waals surface area contributed by atoms with E-state index in [2.05, 4.69) is 10.6 Å². The van der Waals surface area contributed by atoms with E-state index in [1.165, 1.54) is 58.1 Å². The number of ether oxygens (including phenoxy) is 4. The van der Waals surface area contributed by atoms with E-state index in [0.717, 1.165) is 33.8 Å². The van der Waals surface area contributed by atoms with Crippen molar-refractivity contribution in [1.29, 1.82) is 0 Å². The number of pyridine rings is 1. The van der Waals surface area contributed by atoms with Gasteiger partial charge in [0.05, 0.1) is 22.3 Å². The molecule has 1 fully saturated rings. The van der Waals surface area contributed by atoms with E-state index in [0.29, 0.717) is 5.52 Å². The molecule has 1 aliphatic rings. The van der Waals surface area contributed by atoms with Crippen LogP contribution in [0.1, 0.15) is 78.5 Å². The molecule has 0 bridgehead atoms. The van der Waals surface area contributed by atoms with Crippen molar-refractivity contribution in [2.24, 2.45) is 0 Å². The highest BCUT2D eigenvalue weighted by molar-refractivity contribution is 6.01. The Morgan fingerprint density at radius 3 is 1.79 bits per heavy atom. The molecule has 0 radical (unpaired) electrons. The van der Waals surface area contributed by atoms with Crippen LogP contribution in [0.25, 0.3) is 10.9 Å². The highest BCUT2D eigenvalue weighted by atomic mass is 19.1. The molecule has 332 valence electrons. The molecule has 19 nitrogen and oxygen atoms in total. The number of anilines is 1. The lowest BCUT2D eigenvalue weighted by Gasteiger charge is -2.38. The highest BCUT2D eigenvalue weighted by Gasteiger charge is 2.32. The minimum Gasteiger partial charge on any atom is -0.477 e. The lowest BCUT2D eigenvalue weighted by molar-refractivity contribution is -0.134. The average molecular weight is 874 g/mol. The van der Waals surface area contributed by atoms with E-state index < -0.39 is 70.4 Å². The van der Waals surface area contributed by atoms with Gasteiger partial charge in [-0.1, -0.05) is 12.1 Å². The van der Waals surface area contributed by atoms with Crippen molar-refractivity contribution in [3.63, 3.8) is 0 Å². The number of carbonyl (C=O) groups excluding carboxylic acids is 7. The number of hydrogen-bond acceptors (Lipinski definition) is 14. The molecule has 3 aromatic carbocycles. The SMILES string of the molecule is CCn1cc(C(=O)O)c(=O)c2cc(F)c(N3CCN(C(=O)[C@@H](CCCNC(=O)c4cccc(OC(C)=O)c4OC(C)=O)NC(=O)c4cccc(OC(C)=O)c4OC(C)=O)CC3)cc21. The van der Waals surface area contributed by atoms with Crippen molar-refractivity contribution in [2.45, 2.75) is 60.0 Å². The number of carboxylic acids is 1. The Morgan fingerprint density at radius 1 is 0.746 bits per heavy atom. The summed E-state index contributed by atoms with van der Waals surface area (Å²) >= 11 is 0. The van der Waals surface area contributed by atoms with E-state index in [4.69, 9.17) is 18.9 Å². The molecule has 0 aliphatic carbocycles. The number of piperazine rings is 1. The van der Waals surface area contributed by atoms with Crippen LogP contribution in [-0.4, -0.2) is 101 Å². The van der Waals surface area contributed by atoms with Crippen LogP contribution in [0.5, 0.6) is 23.0 Å². The summed E-state index contributed by atoms with van der Waals surface area (Å²) in [6, 6.07) is 9.29. The summed E-state index contributed by atoms with van der Waals surface area (Å²) in [4.78, 5) is 116. The first kappa shape index (κ1) is 46.4. The Labute approximate surface area is 358 Å². The first-order valence-corrected chi connectivity index (χ1v) is 19.6. The van der Waals surface area contributed by atoms with Gasteiger partial charge in [-0.25, -0.2) is 9.18 Å². The Kier molecular flexibility index (Phi) is 14.9. The number of aryl methyl sites for hydroxylation is 1. The maximum absolute atomic E-state index is 15.6. The number of para-hydroxylation sites is 2. The molecule has 1 aromatic heterocycles. The normalized spacial score (nSPS) is 12.8. The first-order valence-electron chi connectivity index (χ1n) is 19.6. The second-order valence-electron chi connectivity index (χ2n) is 14.2. The number of esters is 4. The van der Waals surface area contributed by atoms with Crippen LogP contribution in [0.15, 0.2) is 59.5 Å². The van der Waals surface area contributed by atoms with Gasteiger partial charge in [-0.15, -0.1) is 0 Å². The summed E-state index contributed by atoms with van der Waals surface area (Å²) in [5.74, 6) is -8.47. The second kappa shape index (κ2) is 20.3. The second-order valence-corrected chi connectivity index (χ2v) is 14.2. The third kappa shape index (κ3) is 11.2. The van der Waals surface area contributed by atoms with Crippen LogP contribution in [0, 0.1) is 5.82 Å². The predicted octanol–water partition coefficient (Wildman–Crippen LogP) is 3.22. The summed E-state index contributed by atoms with van der Waals surface area (Å²) < 4.78 is 37.9. The fraction of sp³-hybridized carbons (Fsp3) is 0.326. The molecule has 4 aromatic rings. The minimum absolute atomic E-state index is 0.0518. The number of aromatic nitrogens is 1. The number of carbonyl (C=O) groups is 8. The van der Waals surface area contributed by atoms with Crippen molar-refractivity contribution in [2.75, 3.05) is 37.6 Å². The summed E-state index contributed by atoms with van der Waals surface area (Å²) in [6.45, 7) is 6.73. The van der Waals surface area contributed by atoms with E-state index in [-0.39, 0.29) is 97.3 Å². The lowest BCUT2D eigenvalue weighted by Crippen LogP contribution is -2.55. The predicted molar refractivity (Wildman–Crippen MR) is 221 cm³/mol. The largest absolute Gasteiger partial charge is 0.477 e. The molecule has 1 atom stereocenters. The standard InChI is InChI=1S/C43H44FN5O14/c1-6-47-22-30(43(58)59)37(54)29-20-31(44)34(21-33(29)47)48-16-18-49(19-17-48)42(57)32(46-41(56)28-11-8-14-36(61-24(3)51)39(28)63-26(5)53)12-9-15-45-40(55)27-10-7-13-35(60-23(2)50)38(27)62-25(4)52/h7-8,10-11,13-14,20-22,32H,6,9,12,15-19H2,1-5H3,(H,45,55)(H,46,56)(H,58,59)/t32-/m1/s1. The number of carboxylic acid groups (broad SMARTS) is 1. The van der Waals surface area contributed by atoms with Gasteiger partial charge in [0.1, 0.15) is 17.4 Å². The number of nitrogens with zero attached hydrogens (tertiary/aromatic N) is 3. The molecule has 63 heavy (non-hydrogen) atoms. The quantitative estimate of drug-likeness (QED) is 0.0882. The van der Waals surface area contributed by atoms with Gasteiger partial charge in [0, 0.05) is 78.5 Å². The van der Waals surface area contributed by atoms with Crippen LogP contribution < -0.4 is 39.9 Å². The van der Waals surface area contributed by atoms with Gasteiger partial charge < -0.3 is 49.1 Å². The molecule has 3 N–H and O–H groups in total. The first-order chi connectivity index (χ1) is 29.9. The zero-order chi connectivity index (χ0) is 46.1. The number of benzene rings is 3. The van der Waals surface area contributed by atoms with Gasteiger partial charge in [0.15, 0.2) is 23.0 Å². The Morgan fingerprint density at radius 2 is 1.29 bits per heavy atom. The Bertz CT molecular complexity index is 2570. The number of nitrogens with one attached hydrogen (secondary N) is 2. The zero-order valence-corrected chi connectivity index (χ0v) is 34.9. The summed E-state index contributed by atoms with van der Waals surface area (Å²) in [7, 11) is 0. The van der Waals surface area contributed by atoms with Gasteiger partial charge in [-0.3, -0.25) is 38.4 Å². The van der Waals surface area contributed by atoms with Crippen LogP contribution in [0.3, 0.4) is 0 Å². The molecule has 0 spiro atoms. The van der Waals surface area contributed by atoms with E-state index >= 15 is 4.39 Å². The van der Waals surface area contributed by atoms with Crippen LogP contribution in [0.2, 0.25) is 0 Å². The fourth-order valence-electron chi connectivity index (χ4n) is 6.90. The van der Waals surface area contributed by atoms with Crippen LogP contribution in [-0.2, 0) is 30.5 Å². The van der Waals surface area contributed by atoms with E-state index in [9.17, 15) is 48.3 Å². The van der Waals surface area contributed by atoms with Crippen LogP contribution >= 0.6 is 0 Å². The number of hydrogen-bond donors (Lipinski definition) is 3. The minimum atomic E-state index is -1.44. The van der Waals surface area contributed by atoms with Crippen LogP contribution in [0.4, 0.5) is 10.1 Å². The summed E-state index contributed by atoms with van der Waals surface area (Å²) in [6.07, 6.45) is 1.23. The molecule has 5 rings (SSSR count). The van der Waals surface area contributed by atoms with Gasteiger partial charge >= 0.3 is 29.8 Å². The molecule has 2 heterocycles. The van der Waals surface area contributed by atoms with Crippen molar-refractivity contribution in [3.8, 4) is 23.0 Å². The van der Waals surface area contributed by atoms with Crippen molar-refractivity contribution in [1.82, 2.24) is 20.1 Å². The molecule has 1 aliphatic heterocycles. The molecule has 0 saturated carbocycles. The molecule has 0 unspecified atom stereocenters. The van der Waals surface area contributed by atoms with E-state index in [1.807, 2.05) is 0 Å².